The molecule has 4 N–H and O–H groups in total. The fourth-order valence-electron chi connectivity index (χ4n) is 3.59. The lowest BCUT2D eigenvalue weighted by atomic mass is 10.0. The van der Waals surface area contributed by atoms with Crippen molar-refractivity contribution >= 4 is 51.9 Å². The Labute approximate surface area is 201 Å². The highest BCUT2D eigenvalue weighted by Crippen LogP contribution is 2.40. The van der Waals surface area contributed by atoms with Gasteiger partial charge in [-0.1, -0.05) is 11.2 Å². The van der Waals surface area contributed by atoms with Crippen molar-refractivity contribution in [1.82, 2.24) is 19.6 Å². The number of nitrogens with two attached hydrogens (primary N) is 1. The first-order valence-electron chi connectivity index (χ1n) is 10.4. The molecule has 4 heterocycles. The molecule has 1 saturated heterocycles. The molecule has 1 aliphatic carbocycles. The first kappa shape index (κ1) is 22.3. The number of hydrogen-bond donors (Lipinski definition) is 3. The normalized spacial score (nSPS) is 22.2. The number of nitrogen functional groups attached to an aromatic ring is 1. The molecule has 0 unspecified atom stereocenters. The van der Waals surface area contributed by atoms with Crippen molar-refractivity contribution in [2.75, 3.05) is 11.5 Å². The average Bonchev–Trinajstić information content (AvgIpc) is 3.56. The number of fused-ring (bicyclic) bond motifs is 1. The zero-order valence-electron chi connectivity index (χ0n) is 17.7. The quantitative estimate of drug-likeness (QED) is 0.191. The fraction of sp³-hybridized carbons (Fsp3) is 0.350. The van der Waals surface area contributed by atoms with Crippen molar-refractivity contribution in [2.45, 2.75) is 36.9 Å². The van der Waals surface area contributed by atoms with Crippen molar-refractivity contribution in [2.24, 2.45) is 5.16 Å². The van der Waals surface area contributed by atoms with Gasteiger partial charge in [0.05, 0.1) is 0 Å². The van der Waals surface area contributed by atoms with E-state index in [-0.39, 0.29) is 28.5 Å². The topological polar surface area (TPSA) is 164 Å². The second kappa shape index (κ2) is 9.02. The molecule has 0 radical (unpaired) electrons. The molecule has 1 saturated carbocycles. The van der Waals surface area contributed by atoms with Crippen LogP contribution < -0.4 is 15.6 Å². The van der Waals surface area contributed by atoms with Gasteiger partial charge in [0, 0.05) is 35.0 Å². The van der Waals surface area contributed by atoms with E-state index in [1.54, 1.807) is 0 Å². The Bertz CT molecular complexity index is 1210. The summed E-state index contributed by atoms with van der Waals surface area (Å²) >= 11 is 2.30. The monoisotopic (exact) mass is 502 g/mol. The minimum absolute atomic E-state index is 0.00821. The number of β-lactam (4-membered cyclic amide) rings is 1. The second-order valence-electron chi connectivity index (χ2n) is 7.87. The van der Waals surface area contributed by atoms with Gasteiger partial charge in [-0.05, 0) is 12.8 Å². The highest BCUT2D eigenvalue weighted by Gasteiger charge is 2.55. The SMILES string of the molecule is Nc1nc(C(=NOC2CC2)C(=O)N[C@@H]2C(=O)N3C(C(=O)O)=C(C[n+]4ccccc4)CS[C@@H]23)ns1. The number of rotatable bonds is 8. The van der Waals surface area contributed by atoms with Gasteiger partial charge >= 0.3 is 5.97 Å². The van der Waals surface area contributed by atoms with Gasteiger partial charge in [-0.3, -0.25) is 14.5 Å². The van der Waals surface area contributed by atoms with Crippen LogP contribution in [0.2, 0.25) is 0 Å². The number of oxime groups is 1. The van der Waals surface area contributed by atoms with Gasteiger partial charge in [0.2, 0.25) is 11.5 Å². The number of amides is 2. The molecular weight excluding hydrogens is 482 g/mol. The molecule has 2 aliphatic heterocycles. The molecule has 2 aromatic rings. The summed E-state index contributed by atoms with van der Waals surface area (Å²) in [6, 6.07) is 4.64. The summed E-state index contributed by atoms with van der Waals surface area (Å²) in [5, 5.41) is 16.0. The maximum Gasteiger partial charge on any atom is 0.352 e. The zero-order valence-corrected chi connectivity index (χ0v) is 19.3. The second-order valence-corrected chi connectivity index (χ2v) is 9.76. The van der Waals surface area contributed by atoms with Crippen molar-refractivity contribution in [3.05, 3.63) is 47.7 Å². The number of aromatic nitrogens is 3. The molecule has 5 rings (SSSR count). The average molecular weight is 503 g/mol. The van der Waals surface area contributed by atoms with E-state index < -0.39 is 29.2 Å². The Morgan fingerprint density at radius 2 is 2.09 bits per heavy atom. The van der Waals surface area contributed by atoms with Gasteiger partial charge in [0.15, 0.2) is 24.1 Å². The Morgan fingerprint density at radius 1 is 1.32 bits per heavy atom. The van der Waals surface area contributed by atoms with Gasteiger partial charge in [-0.15, -0.1) is 11.8 Å². The number of carboxylic acid groups (broad SMARTS) is 1. The van der Waals surface area contributed by atoms with E-state index in [4.69, 9.17) is 10.6 Å². The van der Waals surface area contributed by atoms with E-state index in [0.717, 1.165) is 24.4 Å². The summed E-state index contributed by atoms with van der Waals surface area (Å²) in [5.41, 5.74) is 6.03. The molecule has 2 atom stereocenters. The van der Waals surface area contributed by atoms with E-state index in [0.29, 0.717) is 17.9 Å². The van der Waals surface area contributed by atoms with E-state index >= 15 is 0 Å². The van der Waals surface area contributed by atoms with Crippen LogP contribution in [0.1, 0.15) is 18.7 Å². The number of nitrogens with one attached hydrogen (secondary N) is 1. The van der Waals surface area contributed by atoms with Crippen LogP contribution in [-0.2, 0) is 25.8 Å². The number of nitrogens with zero attached hydrogens (tertiary/aromatic N) is 5. The largest absolute Gasteiger partial charge is 0.477 e. The van der Waals surface area contributed by atoms with Crippen LogP contribution in [0.15, 0.2) is 47.0 Å². The Morgan fingerprint density at radius 3 is 2.74 bits per heavy atom. The van der Waals surface area contributed by atoms with Gasteiger partial charge in [0.1, 0.15) is 23.2 Å². The van der Waals surface area contributed by atoms with Crippen LogP contribution >= 0.6 is 23.3 Å². The maximum atomic E-state index is 13.0. The van der Waals surface area contributed by atoms with Gasteiger partial charge < -0.3 is 21.0 Å². The van der Waals surface area contributed by atoms with Crippen LogP contribution in [0.4, 0.5) is 5.13 Å². The number of anilines is 1. The number of thioether (sulfide) groups is 1. The third-order valence-corrected chi connectivity index (χ3v) is 7.26. The molecule has 176 valence electrons. The van der Waals surface area contributed by atoms with Crippen LogP contribution in [0.25, 0.3) is 0 Å². The summed E-state index contributed by atoms with van der Waals surface area (Å²) in [7, 11) is 0. The van der Waals surface area contributed by atoms with Crippen molar-refractivity contribution in [3.8, 4) is 0 Å². The lowest BCUT2D eigenvalue weighted by Crippen LogP contribution is -2.71. The van der Waals surface area contributed by atoms with Crippen LogP contribution in [-0.4, -0.2) is 66.1 Å². The first-order valence-corrected chi connectivity index (χ1v) is 12.2. The van der Waals surface area contributed by atoms with E-state index in [2.05, 4.69) is 19.8 Å². The summed E-state index contributed by atoms with van der Waals surface area (Å²) < 4.78 is 5.86. The van der Waals surface area contributed by atoms with Crippen molar-refractivity contribution < 1.29 is 28.9 Å². The van der Waals surface area contributed by atoms with E-state index in [9.17, 15) is 19.5 Å². The lowest BCUT2D eigenvalue weighted by Gasteiger charge is -2.49. The minimum atomic E-state index is -1.18. The third kappa shape index (κ3) is 4.33. The number of aliphatic carboxylic acids is 1. The smallest absolute Gasteiger partial charge is 0.352 e. The molecule has 2 fully saturated rings. The van der Waals surface area contributed by atoms with Crippen LogP contribution in [0.3, 0.4) is 0 Å². The summed E-state index contributed by atoms with van der Waals surface area (Å²) in [6.07, 6.45) is 5.28. The van der Waals surface area contributed by atoms with Gasteiger partial charge in [0.25, 0.3) is 11.8 Å². The number of carbonyl (C=O) groups excluding carboxylic acids is 2. The molecule has 0 bridgehead atoms. The first-order chi connectivity index (χ1) is 16.4. The summed E-state index contributed by atoms with van der Waals surface area (Å²) in [4.78, 5) is 48.5. The number of hydrogen-bond acceptors (Lipinski definition) is 10. The number of pyridine rings is 1. The van der Waals surface area contributed by atoms with E-state index in [1.807, 2.05) is 35.2 Å². The van der Waals surface area contributed by atoms with Crippen LogP contribution in [0.5, 0.6) is 0 Å². The Hall–Kier alpha value is -3.52. The van der Waals surface area contributed by atoms with Crippen molar-refractivity contribution in [1.29, 1.82) is 0 Å². The van der Waals surface area contributed by atoms with Gasteiger partial charge in [-0.25, -0.2) is 9.36 Å². The van der Waals surface area contributed by atoms with E-state index in [1.165, 1.54) is 16.7 Å². The number of carbonyl (C=O) groups is 3. The predicted octanol–water partition coefficient (Wildman–Crippen LogP) is -0.270. The third-order valence-electron chi connectivity index (χ3n) is 5.37. The fourth-order valence-corrected chi connectivity index (χ4v) is 5.36. The minimum Gasteiger partial charge on any atom is -0.477 e. The molecule has 0 spiro atoms. The highest BCUT2D eigenvalue weighted by molar-refractivity contribution is 8.00. The molecule has 14 heteroatoms. The predicted molar refractivity (Wildman–Crippen MR) is 121 cm³/mol. The number of carboxylic acids is 1. The van der Waals surface area contributed by atoms with Crippen LogP contribution in [0, 0.1) is 0 Å². The standard InChI is InChI=1S/C20H19N7O5S2/c21-20-23-15(25-34-20)12(24-32-11-4-5-11)16(28)22-13-17(29)27-14(19(30)31)10(9-33-18(13)27)8-26-6-2-1-3-7-26/h1-3,6-7,11,13,18H,4-5,8-9H2,(H3-,21,22,23,25,28,30,31)/p+1/t13-,18+/m1/s1. The highest BCUT2D eigenvalue weighted by atomic mass is 32.2. The Balaban J connectivity index is 1.34. The molecule has 2 amide bonds. The zero-order chi connectivity index (χ0) is 23.8. The van der Waals surface area contributed by atoms with Crippen molar-refractivity contribution in [3.63, 3.8) is 0 Å². The molecule has 3 aliphatic rings. The molecule has 0 aromatic carbocycles. The molecule has 12 nitrogen and oxygen atoms in total. The van der Waals surface area contributed by atoms with Gasteiger partial charge in [-0.2, -0.15) is 9.36 Å². The molecule has 34 heavy (non-hydrogen) atoms. The maximum absolute atomic E-state index is 13.0. The lowest BCUT2D eigenvalue weighted by molar-refractivity contribution is -0.689. The summed E-state index contributed by atoms with van der Waals surface area (Å²) in [5.74, 6) is -1.97. The Kier molecular flexibility index (Phi) is 5.91. The summed E-state index contributed by atoms with van der Waals surface area (Å²) in [6.45, 7) is 0.342. The molecular formula is C20H20N7O5S2+. The molecule has 2 aromatic heterocycles.